The molecule has 0 bridgehead atoms. The standard InChI is InChI=1S/C16H18N4O2/c1-2-22-14-6-4-3-5-13(14)20-16-17-9-11(10-18-16)15(21)19-12-7-8-12/h3-6,9-10,12H,2,7-8H2,1H3,(H,19,21)(H,17,18,20). The summed E-state index contributed by atoms with van der Waals surface area (Å²) in [6, 6.07) is 7.90. The number of amides is 1. The van der Waals surface area contributed by atoms with Gasteiger partial charge in [-0.15, -0.1) is 0 Å². The highest BCUT2D eigenvalue weighted by molar-refractivity contribution is 5.94. The molecule has 1 heterocycles. The first kappa shape index (κ1) is 14.3. The van der Waals surface area contributed by atoms with Gasteiger partial charge < -0.3 is 15.4 Å². The van der Waals surface area contributed by atoms with E-state index in [1.807, 2.05) is 31.2 Å². The van der Waals surface area contributed by atoms with Crippen LogP contribution in [0, 0.1) is 0 Å². The van der Waals surface area contributed by atoms with Crippen LogP contribution in [0.5, 0.6) is 5.75 Å². The number of nitrogens with one attached hydrogen (secondary N) is 2. The predicted molar refractivity (Wildman–Crippen MR) is 83.4 cm³/mol. The fourth-order valence-electron chi connectivity index (χ4n) is 1.98. The van der Waals surface area contributed by atoms with E-state index in [9.17, 15) is 4.79 Å². The largest absolute Gasteiger partial charge is 0.492 e. The maximum atomic E-state index is 11.9. The van der Waals surface area contributed by atoms with Gasteiger partial charge in [-0.05, 0) is 31.9 Å². The Morgan fingerprint density at radius 1 is 1.27 bits per heavy atom. The lowest BCUT2D eigenvalue weighted by Crippen LogP contribution is -2.25. The fraction of sp³-hybridized carbons (Fsp3) is 0.312. The number of ether oxygens (including phenoxy) is 1. The van der Waals surface area contributed by atoms with Gasteiger partial charge in [0.25, 0.3) is 5.91 Å². The summed E-state index contributed by atoms with van der Waals surface area (Å²) in [5.74, 6) is 1.04. The van der Waals surface area contributed by atoms with Gasteiger partial charge in [0.1, 0.15) is 5.75 Å². The molecule has 114 valence electrons. The Kier molecular flexibility index (Phi) is 4.18. The number of rotatable bonds is 6. The average molecular weight is 298 g/mol. The quantitative estimate of drug-likeness (QED) is 0.857. The molecule has 2 N–H and O–H groups in total. The summed E-state index contributed by atoms with van der Waals surface area (Å²) in [5.41, 5.74) is 1.26. The second kappa shape index (κ2) is 6.43. The molecule has 22 heavy (non-hydrogen) atoms. The molecule has 1 amide bonds. The molecule has 0 aliphatic heterocycles. The van der Waals surface area contributed by atoms with Crippen molar-refractivity contribution in [1.82, 2.24) is 15.3 Å². The second-order valence-corrected chi connectivity index (χ2v) is 5.10. The van der Waals surface area contributed by atoms with E-state index in [0.717, 1.165) is 24.3 Å². The van der Waals surface area contributed by atoms with Gasteiger partial charge in [-0.2, -0.15) is 0 Å². The predicted octanol–water partition coefficient (Wildman–Crippen LogP) is 2.51. The average Bonchev–Trinajstić information content (AvgIpc) is 3.34. The van der Waals surface area contributed by atoms with E-state index in [2.05, 4.69) is 20.6 Å². The third-order valence-corrected chi connectivity index (χ3v) is 3.26. The fourth-order valence-corrected chi connectivity index (χ4v) is 1.98. The summed E-state index contributed by atoms with van der Waals surface area (Å²) < 4.78 is 5.54. The molecule has 6 nitrogen and oxygen atoms in total. The van der Waals surface area contributed by atoms with Gasteiger partial charge >= 0.3 is 0 Å². The first-order valence-corrected chi connectivity index (χ1v) is 7.38. The van der Waals surface area contributed by atoms with Crippen LogP contribution in [0.2, 0.25) is 0 Å². The third-order valence-electron chi connectivity index (χ3n) is 3.26. The smallest absolute Gasteiger partial charge is 0.254 e. The molecule has 1 aromatic heterocycles. The highest BCUT2D eigenvalue weighted by Gasteiger charge is 2.24. The van der Waals surface area contributed by atoms with Gasteiger partial charge in [0.15, 0.2) is 0 Å². The number of benzene rings is 1. The molecule has 1 fully saturated rings. The van der Waals surface area contributed by atoms with Gasteiger partial charge in [0.05, 0.1) is 17.9 Å². The van der Waals surface area contributed by atoms with Gasteiger partial charge in [-0.1, -0.05) is 12.1 Å². The van der Waals surface area contributed by atoms with Crippen LogP contribution in [0.3, 0.4) is 0 Å². The van der Waals surface area contributed by atoms with Crippen molar-refractivity contribution < 1.29 is 9.53 Å². The first-order chi connectivity index (χ1) is 10.8. The van der Waals surface area contributed by atoms with Crippen LogP contribution < -0.4 is 15.4 Å². The molecule has 3 rings (SSSR count). The van der Waals surface area contributed by atoms with Crippen molar-refractivity contribution in [2.24, 2.45) is 0 Å². The first-order valence-electron chi connectivity index (χ1n) is 7.38. The summed E-state index contributed by atoms with van der Waals surface area (Å²) in [4.78, 5) is 20.2. The summed E-state index contributed by atoms with van der Waals surface area (Å²) in [7, 11) is 0. The van der Waals surface area contributed by atoms with Crippen molar-refractivity contribution >= 4 is 17.5 Å². The number of hydrogen-bond donors (Lipinski definition) is 2. The zero-order valence-corrected chi connectivity index (χ0v) is 12.4. The lowest BCUT2D eigenvalue weighted by molar-refractivity contribution is 0.0950. The van der Waals surface area contributed by atoms with E-state index in [1.54, 1.807) is 0 Å². The van der Waals surface area contributed by atoms with Crippen LogP contribution in [-0.2, 0) is 0 Å². The minimum absolute atomic E-state index is 0.122. The number of aromatic nitrogens is 2. The molecule has 0 radical (unpaired) electrons. The van der Waals surface area contributed by atoms with Crippen molar-refractivity contribution in [1.29, 1.82) is 0 Å². The molecule has 1 saturated carbocycles. The van der Waals surface area contributed by atoms with Gasteiger partial charge in [-0.3, -0.25) is 4.79 Å². The number of carbonyl (C=O) groups excluding carboxylic acids is 1. The Morgan fingerprint density at radius 3 is 2.68 bits per heavy atom. The normalized spacial score (nSPS) is 13.5. The molecular formula is C16H18N4O2. The van der Waals surface area contributed by atoms with Crippen LogP contribution in [0.15, 0.2) is 36.7 Å². The lowest BCUT2D eigenvalue weighted by atomic mass is 10.3. The highest BCUT2D eigenvalue weighted by atomic mass is 16.5. The lowest BCUT2D eigenvalue weighted by Gasteiger charge is -2.11. The topological polar surface area (TPSA) is 76.1 Å². The summed E-state index contributed by atoms with van der Waals surface area (Å²) >= 11 is 0. The molecule has 1 aliphatic carbocycles. The number of carbonyl (C=O) groups is 1. The number of para-hydroxylation sites is 2. The van der Waals surface area contributed by atoms with Crippen LogP contribution >= 0.6 is 0 Å². The van der Waals surface area contributed by atoms with E-state index in [4.69, 9.17) is 4.74 Å². The van der Waals surface area contributed by atoms with E-state index in [1.165, 1.54) is 12.4 Å². The maximum absolute atomic E-state index is 11.9. The van der Waals surface area contributed by atoms with Crippen LogP contribution in [0.1, 0.15) is 30.1 Å². The van der Waals surface area contributed by atoms with Gasteiger partial charge in [0.2, 0.25) is 5.95 Å². The Bertz CT molecular complexity index is 653. The molecule has 1 aromatic carbocycles. The third kappa shape index (κ3) is 3.52. The molecule has 1 aliphatic rings. The minimum Gasteiger partial charge on any atom is -0.492 e. The summed E-state index contributed by atoms with van der Waals surface area (Å²) in [5, 5.41) is 6.00. The molecule has 6 heteroatoms. The Balaban J connectivity index is 1.69. The molecule has 0 saturated heterocycles. The van der Waals surface area contributed by atoms with Crippen molar-refractivity contribution in [3.63, 3.8) is 0 Å². The maximum Gasteiger partial charge on any atom is 0.254 e. The van der Waals surface area contributed by atoms with Crippen LogP contribution in [0.4, 0.5) is 11.6 Å². The van der Waals surface area contributed by atoms with Crippen molar-refractivity contribution in [3.05, 3.63) is 42.2 Å². The number of anilines is 2. The summed E-state index contributed by atoms with van der Waals surface area (Å²) in [6.07, 6.45) is 5.16. The van der Waals surface area contributed by atoms with Gasteiger partial charge in [-0.25, -0.2) is 9.97 Å². The van der Waals surface area contributed by atoms with Crippen molar-refractivity contribution in [2.75, 3.05) is 11.9 Å². The number of hydrogen-bond acceptors (Lipinski definition) is 5. The zero-order chi connectivity index (χ0) is 15.4. The van der Waals surface area contributed by atoms with Gasteiger partial charge in [0, 0.05) is 18.4 Å². The Morgan fingerprint density at radius 2 is 2.00 bits per heavy atom. The molecule has 0 atom stereocenters. The van der Waals surface area contributed by atoms with E-state index in [-0.39, 0.29) is 5.91 Å². The minimum atomic E-state index is -0.122. The van der Waals surface area contributed by atoms with E-state index < -0.39 is 0 Å². The second-order valence-electron chi connectivity index (χ2n) is 5.10. The highest BCUT2D eigenvalue weighted by Crippen LogP contribution is 2.26. The molecule has 2 aromatic rings. The summed E-state index contributed by atoms with van der Waals surface area (Å²) in [6.45, 7) is 2.51. The Labute approximate surface area is 128 Å². The SMILES string of the molecule is CCOc1ccccc1Nc1ncc(C(=O)NC2CC2)cn1. The molecule has 0 unspecified atom stereocenters. The monoisotopic (exact) mass is 298 g/mol. The van der Waals surface area contributed by atoms with Crippen LogP contribution in [0.25, 0.3) is 0 Å². The van der Waals surface area contributed by atoms with Crippen molar-refractivity contribution in [3.8, 4) is 5.75 Å². The number of nitrogens with zero attached hydrogens (tertiary/aromatic N) is 2. The van der Waals surface area contributed by atoms with Crippen molar-refractivity contribution in [2.45, 2.75) is 25.8 Å². The van der Waals surface area contributed by atoms with Crippen LogP contribution in [-0.4, -0.2) is 28.5 Å². The molecule has 0 spiro atoms. The zero-order valence-electron chi connectivity index (χ0n) is 12.4. The molecular weight excluding hydrogens is 280 g/mol. The Hall–Kier alpha value is -2.63. The van der Waals surface area contributed by atoms with E-state index >= 15 is 0 Å². The van der Waals surface area contributed by atoms with E-state index in [0.29, 0.717) is 24.2 Å².